The molecular weight excluding hydrogens is 224 g/mol. The Balaban J connectivity index is 3.21. The van der Waals surface area contributed by atoms with E-state index in [1.807, 2.05) is 12.1 Å². The first-order chi connectivity index (χ1) is 7.85. The second-order valence-electron chi connectivity index (χ2n) is 5.92. The van der Waals surface area contributed by atoms with Gasteiger partial charge in [-0.05, 0) is 31.5 Å². The summed E-state index contributed by atoms with van der Waals surface area (Å²) in [7, 11) is 0.631. The van der Waals surface area contributed by atoms with Crippen molar-refractivity contribution in [1.82, 2.24) is 0 Å². The molecule has 0 saturated carbocycles. The summed E-state index contributed by atoms with van der Waals surface area (Å²) in [6.07, 6.45) is 0. The maximum absolute atomic E-state index is 5.47. The molecule has 0 saturated heterocycles. The maximum Gasteiger partial charge on any atom is 0.126 e. The van der Waals surface area contributed by atoms with Crippen molar-refractivity contribution in [2.75, 3.05) is 7.11 Å². The summed E-state index contributed by atoms with van der Waals surface area (Å²) in [4.78, 5) is 0. The van der Waals surface area contributed by atoms with Crippen molar-refractivity contribution in [3.05, 3.63) is 35.4 Å². The Morgan fingerprint density at radius 2 is 1.71 bits per heavy atom. The summed E-state index contributed by atoms with van der Waals surface area (Å²) < 4.78 is 5.47. The number of methoxy groups -OCH3 is 1. The van der Waals surface area contributed by atoms with Crippen LogP contribution >= 0.6 is 0 Å². The molecular formula is C15H24OSi. The molecule has 1 nitrogen and oxygen atoms in total. The summed E-state index contributed by atoms with van der Waals surface area (Å²) in [5, 5.41) is 0. The van der Waals surface area contributed by atoms with Gasteiger partial charge >= 0.3 is 0 Å². The highest BCUT2D eigenvalue weighted by Gasteiger charge is 2.19. The molecule has 0 aliphatic heterocycles. The Morgan fingerprint density at radius 1 is 1.12 bits per heavy atom. The summed E-state index contributed by atoms with van der Waals surface area (Å²) in [6.45, 7) is 11.6. The van der Waals surface area contributed by atoms with Crippen molar-refractivity contribution in [1.29, 1.82) is 0 Å². The zero-order valence-electron chi connectivity index (χ0n) is 11.9. The Labute approximate surface area is 107 Å². The number of hydrogen-bond acceptors (Lipinski definition) is 1. The maximum atomic E-state index is 5.47. The fourth-order valence-electron chi connectivity index (χ4n) is 1.97. The molecule has 0 heterocycles. The van der Waals surface area contributed by atoms with Gasteiger partial charge in [0.05, 0.1) is 7.11 Å². The molecule has 1 rings (SSSR count). The second kappa shape index (κ2) is 5.54. The zero-order valence-corrected chi connectivity index (χ0v) is 12.9. The van der Waals surface area contributed by atoms with Gasteiger partial charge in [-0.3, -0.25) is 0 Å². The predicted octanol–water partition coefficient (Wildman–Crippen LogP) is 4.83. The van der Waals surface area contributed by atoms with Crippen LogP contribution in [0.3, 0.4) is 0 Å². The van der Waals surface area contributed by atoms with Crippen LogP contribution in [0.5, 0.6) is 5.75 Å². The molecule has 0 unspecified atom stereocenters. The van der Waals surface area contributed by atoms with Gasteiger partial charge in [-0.25, -0.2) is 0 Å². The van der Waals surface area contributed by atoms with Crippen molar-refractivity contribution in [2.45, 2.75) is 39.5 Å². The third kappa shape index (κ3) is 4.04. The van der Waals surface area contributed by atoms with E-state index in [0.717, 1.165) is 5.75 Å². The van der Waals surface area contributed by atoms with Crippen LogP contribution in [0.15, 0.2) is 29.8 Å². The van der Waals surface area contributed by atoms with Gasteiger partial charge in [-0.2, -0.15) is 0 Å². The van der Waals surface area contributed by atoms with Gasteiger partial charge in [0.25, 0.3) is 0 Å². The van der Waals surface area contributed by atoms with Gasteiger partial charge in [0, 0.05) is 13.6 Å². The van der Waals surface area contributed by atoms with Gasteiger partial charge in [0.1, 0.15) is 5.75 Å². The molecule has 1 aromatic carbocycles. The average Bonchev–Trinajstić information content (AvgIpc) is 2.24. The molecule has 0 fully saturated rings. The fourth-order valence-corrected chi connectivity index (χ4v) is 3.57. The van der Waals surface area contributed by atoms with Crippen LogP contribution < -0.4 is 4.74 Å². The van der Waals surface area contributed by atoms with E-state index in [9.17, 15) is 0 Å². The summed E-state index contributed by atoms with van der Waals surface area (Å²) in [5.41, 5.74) is 4.12. The molecule has 0 atom stereocenters. The van der Waals surface area contributed by atoms with E-state index in [4.69, 9.17) is 4.74 Å². The molecule has 0 bridgehead atoms. The van der Waals surface area contributed by atoms with E-state index in [1.165, 1.54) is 22.8 Å². The van der Waals surface area contributed by atoms with E-state index in [2.05, 4.69) is 45.6 Å². The van der Waals surface area contributed by atoms with E-state index in [1.54, 1.807) is 7.11 Å². The largest absolute Gasteiger partial charge is 0.496 e. The standard InChI is InChI=1S/C15H24OSi/c1-12(2)14(11-17(4,5)6)13-9-7-8-10-15(13)16-3/h7-10H,11H2,1-6H3. The monoisotopic (exact) mass is 248 g/mol. The number of benzene rings is 1. The van der Waals surface area contributed by atoms with Gasteiger partial charge in [0.2, 0.25) is 0 Å². The summed E-state index contributed by atoms with van der Waals surface area (Å²) in [6, 6.07) is 9.53. The molecule has 2 heteroatoms. The molecule has 0 radical (unpaired) electrons. The number of para-hydroxylation sites is 1. The minimum atomic E-state index is -1.11. The minimum Gasteiger partial charge on any atom is -0.496 e. The van der Waals surface area contributed by atoms with E-state index >= 15 is 0 Å². The molecule has 0 aliphatic rings. The smallest absolute Gasteiger partial charge is 0.126 e. The predicted molar refractivity (Wildman–Crippen MR) is 79.4 cm³/mol. The lowest BCUT2D eigenvalue weighted by molar-refractivity contribution is 0.413. The van der Waals surface area contributed by atoms with Gasteiger partial charge in [-0.15, -0.1) is 0 Å². The number of allylic oxidation sites excluding steroid dienone is 2. The lowest BCUT2D eigenvalue weighted by Crippen LogP contribution is -2.20. The number of rotatable bonds is 4. The Bertz CT molecular complexity index is 409. The lowest BCUT2D eigenvalue weighted by Gasteiger charge is -2.21. The Hall–Kier alpha value is -1.02. The highest BCUT2D eigenvalue weighted by molar-refractivity contribution is 6.77. The Morgan fingerprint density at radius 3 is 2.18 bits per heavy atom. The SMILES string of the molecule is COc1ccccc1C(C[Si](C)(C)C)=C(C)C. The average molecular weight is 248 g/mol. The number of ether oxygens (including phenoxy) is 1. The normalized spacial score (nSPS) is 11.2. The van der Waals surface area contributed by atoms with Gasteiger partial charge in [0.15, 0.2) is 0 Å². The van der Waals surface area contributed by atoms with Gasteiger partial charge in [-0.1, -0.05) is 43.4 Å². The minimum absolute atomic E-state index is 0.988. The van der Waals surface area contributed by atoms with E-state index in [0.29, 0.717) is 0 Å². The molecule has 0 amide bonds. The Kier molecular flexibility index (Phi) is 4.58. The first-order valence-corrected chi connectivity index (χ1v) is 9.85. The van der Waals surface area contributed by atoms with Crippen molar-refractivity contribution < 1.29 is 4.74 Å². The van der Waals surface area contributed by atoms with Crippen molar-refractivity contribution in [3.8, 4) is 5.75 Å². The molecule has 0 aromatic heterocycles. The van der Waals surface area contributed by atoms with E-state index < -0.39 is 8.07 Å². The van der Waals surface area contributed by atoms with Crippen LogP contribution in [0.1, 0.15) is 19.4 Å². The fraction of sp³-hybridized carbons (Fsp3) is 0.467. The van der Waals surface area contributed by atoms with Crippen LogP contribution in [-0.4, -0.2) is 15.2 Å². The lowest BCUT2D eigenvalue weighted by atomic mass is 10.0. The van der Waals surface area contributed by atoms with Crippen LogP contribution in [0.4, 0.5) is 0 Å². The highest BCUT2D eigenvalue weighted by Crippen LogP contribution is 2.34. The molecule has 0 spiro atoms. The van der Waals surface area contributed by atoms with Crippen molar-refractivity contribution in [2.24, 2.45) is 0 Å². The zero-order chi connectivity index (χ0) is 13.1. The first-order valence-electron chi connectivity index (χ1n) is 6.15. The van der Waals surface area contributed by atoms with Crippen molar-refractivity contribution >= 4 is 13.6 Å². The van der Waals surface area contributed by atoms with Crippen molar-refractivity contribution in [3.63, 3.8) is 0 Å². The summed E-state index contributed by atoms with van der Waals surface area (Å²) in [5.74, 6) is 0.988. The second-order valence-corrected chi connectivity index (χ2v) is 11.4. The molecule has 1 aromatic rings. The topological polar surface area (TPSA) is 9.23 Å². The number of hydrogen-bond donors (Lipinski definition) is 0. The molecule has 0 aliphatic carbocycles. The van der Waals surface area contributed by atoms with Crippen LogP contribution in [0.2, 0.25) is 25.7 Å². The van der Waals surface area contributed by atoms with Crippen LogP contribution in [-0.2, 0) is 0 Å². The van der Waals surface area contributed by atoms with Gasteiger partial charge < -0.3 is 4.74 Å². The quantitative estimate of drug-likeness (QED) is 0.694. The summed E-state index contributed by atoms with van der Waals surface area (Å²) >= 11 is 0. The molecule has 17 heavy (non-hydrogen) atoms. The third-order valence-electron chi connectivity index (χ3n) is 2.74. The first kappa shape index (κ1) is 14.0. The van der Waals surface area contributed by atoms with E-state index in [-0.39, 0.29) is 0 Å². The van der Waals surface area contributed by atoms with Crippen LogP contribution in [0, 0.1) is 0 Å². The van der Waals surface area contributed by atoms with Crippen LogP contribution in [0.25, 0.3) is 5.57 Å². The molecule has 0 N–H and O–H groups in total. The molecule has 94 valence electrons. The highest BCUT2D eigenvalue weighted by atomic mass is 28.3. The third-order valence-corrected chi connectivity index (χ3v) is 4.16.